The van der Waals surface area contributed by atoms with Crippen molar-refractivity contribution < 1.29 is 8.78 Å². The summed E-state index contributed by atoms with van der Waals surface area (Å²) >= 11 is 0. The molecule has 0 aliphatic carbocycles. The molecule has 3 rings (SSSR count). The Morgan fingerprint density at radius 1 is 1.14 bits per heavy atom. The summed E-state index contributed by atoms with van der Waals surface area (Å²) in [6, 6.07) is 7.68. The van der Waals surface area contributed by atoms with Gasteiger partial charge in [-0.25, -0.2) is 8.78 Å². The van der Waals surface area contributed by atoms with E-state index in [0.29, 0.717) is 17.7 Å². The number of aryl methyl sites for hydroxylation is 1. The standard InChI is InChI=1S/C16H13F2N3/c1-11-7-13(3-4-14(11)17)16-15(18)8-12(9-19-16)10-21-6-2-5-20-21/h2-9H,10H2,1H3. The van der Waals surface area contributed by atoms with Crippen molar-refractivity contribution in [3.05, 3.63) is 71.7 Å². The van der Waals surface area contributed by atoms with Crippen LogP contribution in [0.1, 0.15) is 11.1 Å². The Labute approximate surface area is 120 Å². The Morgan fingerprint density at radius 3 is 2.67 bits per heavy atom. The number of hydrogen-bond donors (Lipinski definition) is 0. The third kappa shape index (κ3) is 2.81. The van der Waals surface area contributed by atoms with E-state index in [1.54, 1.807) is 42.3 Å². The van der Waals surface area contributed by atoms with Gasteiger partial charge in [-0.05, 0) is 48.4 Å². The van der Waals surface area contributed by atoms with E-state index in [1.165, 1.54) is 18.2 Å². The monoisotopic (exact) mass is 285 g/mol. The highest BCUT2D eigenvalue weighted by Gasteiger charge is 2.10. The summed E-state index contributed by atoms with van der Waals surface area (Å²) in [5.74, 6) is -0.736. The van der Waals surface area contributed by atoms with Gasteiger partial charge in [0.2, 0.25) is 0 Å². The van der Waals surface area contributed by atoms with E-state index in [1.807, 2.05) is 0 Å². The van der Waals surface area contributed by atoms with E-state index in [4.69, 9.17) is 0 Å². The largest absolute Gasteiger partial charge is 0.268 e. The second kappa shape index (κ2) is 5.44. The lowest BCUT2D eigenvalue weighted by Crippen LogP contribution is -2.02. The van der Waals surface area contributed by atoms with Gasteiger partial charge < -0.3 is 0 Å². The van der Waals surface area contributed by atoms with Gasteiger partial charge in [-0.3, -0.25) is 9.67 Å². The van der Waals surface area contributed by atoms with E-state index < -0.39 is 5.82 Å². The topological polar surface area (TPSA) is 30.7 Å². The molecule has 0 amide bonds. The predicted molar refractivity (Wildman–Crippen MR) is 75.7 cm³/mol. The first-order valence-electron chi connectivity index (χ1n) is 6.52. The molecule has 0 bridgehead atoms. The lowest BCUT2D eigenvalue weighted by Gasteiger charge is -2.07. The predicted octanol–water partition coefficient (Wildman–Crippen LogP) is 3.58. The van der Waals surface area contributed by atoms with Crippen LogP contribution >= 0.6 is 0 Å². The molecule has 0 unspecified atom stereocenters. The quantitative estimate of drug-likeness (QED) is 0.736. The summed E-state index contributed by atoms with van der Waals surface area (Å²) in [5, 5.41) is 4.07. The zero-order valence-electron chi connectivity index (χ0n) is 11.4. The normalized spacial score (nSPS) is 10.8. The highest BCUT2D eigenvalue weighted by molar-refractivity contribution is 5.60. The van der Waals surface area contributed by atoms with Crippen molar-refractivity contribution in [2.24, 2.45) is 0 Å². The maximum Gasteiger partial charge on any atom is 0.149 e. The fraction of sp³-hybridized carbons (Fsp3) is 0.125. The molecule has 0 aliphatic heterocycles. The molecule has 0 N–H and O–H groups in total. The Kier molecular flexibility index (Phi) is 3.48. The Morgan fingerprint density at radius 2 is 2.00 bits per heavy atom. The van der Waals surface area contributed by atoms with Crippen LogP contribution < -0.4 is 0 Å². The molecule has 0 saturated carbocycles. The Bertz CT molecular complexity index is 767. The number of halogens is 2. The lowest BCUT2D eigenvalue weighted by molar-refractivity contribution is 0.613. The van der Waals surface area contributed by atoms with E-state index >= 15 is 0 Å². The number of nitrogens with zero attached hydrogens (tertiary/aromatic N) is 3. The van der Waals surface area contributed by atoms with Crippen LogP contribution in [0.4, 0.5) is 8.78 Å². The van der Waals surface area contributed by atoms with Gasteiger partial charge >= 0.3 is 0 Å². The summed E-state index contributed by atoms with van der Waals surface area (Å²) in [5.41, 5.74) is 1.98. The second-order valence-electron chi connectivity index (χ2n) is 4.84. The van der Waals surface area contributed by atoms with Crippen LogP contribution in [0.3, 0.4) is 0 Å². The summed E-state index contributed by atoms with van der Waals surface area (Å²) in [6.45, 7) is 2.10. The van der Waals surface area contributed by atoms with Crippen LogP contribution in [-0.2, 0) is 6.54 Å². The van der Waals surface area contributed by atoms with Gasteiger partial charge in [0, 0.05) is 24.2 Å². The minimum Gasteiger partial charge on any atom is -0.268 e. The smallest absolute Gasteiger partial charge is 0.149 e. The summed E-state index contributed by atoms with van der Waals surface area (Å²) < 4.78 is 29.2. The highest BCUT2D eigenvalue weighted by atomic mass is 19.1. The van der Waals surface area contributed by atoms with E-state index in [2.05, 4.69) is 10.1 Å². The number of rotatable bonds is 3. The number of aromatic nitrogens is 3. The number of hydrogen-bond acceptors (Lipinski definition) is 2. The molecule has 5 heteroatoms. The average molecular weight is 285 g/mol. The van der Waals surface area contributed by atoms with E-state index in [0.717, 1.165) is 5.56 Å². The molecule has 3 aromatic rings. The second-order valence-corrected chi connectivity index (χ2v) is 4.84. The van der Waals surface area contributed by atoms with Crippen LogP contribution in [0.2, 0.25) is 0 Å². The molecule has 0 radical (unpaired) electrons. The molecule has 106 valence electrons. The molecule has 0 fully saturated rings. The summed E-state index contributed by atoms with van der Waals surface area (Å²) in [7, 11) is 0. The van der Waals surface area contributed by atoms with Crippen LogP contribution in [0.15, 0.2) is 48.9 Å². The van der Waals surface area contributed by atoms with Crippen LogP contribution in [0.25, 0.3) is 11.3 Å². The molecular formula is C16H13F2N3. The van der Waals surface area contributed by atoms with Crippen LogP contribution in [-0.4, -0.2) is 14.8 Å². The van der Waals surface area contributed by atoms with Crippen molar-refractivity contribution in [3.63, 3.8) is 0 Å². The van der Waals surface area contributed by atoms with Crippen molar-refractivity contribution >= 4 is 0 Å². The van der Waals surface area contributed by atoms with Gasteiger partial charge in [0.25, 0.3) is 0 Å². The van der Waals surface area contributed by atoms with Crippen LogP contribution in [0.5, 0.6) is 0 Å². The van der Waals surface area contributed by atoms with Gasteiger partial charge in [-0.1, -0.05) is 0 Å². The third-order valence-corrected chi connectivity index (χ3v) is 3.23. The van der Waals surface area contributed by atoms with Gasteiger partial charge in [-0.2, -0.15) is 5.10 Å². The first kappa shape index (κ1) is 13.4. The minimum atomic E-state index is -0.425. The zero-order valence-corrected chi connectivity index (χ0v) is 11.4. The number of pyridine rings is 1. The fourth-order valence-corrected chi connectivity index (χ4v) is 2.15. The minimum absolute atomic E-state index is 0.224. The molecular weight excluding hydrogens is 272 g/mol. The third-order valence-electron chi connectivity index (χ3n) is 3.23. The van der Waals surface area contributed by atoms with Crippen molar-refractivity contribution in [3.8, 4) is 11.3 Å². The van der Waals surface area contributed by atoms with E-state index in [9.17, 15) is 8.78 Å². The Balaban J connectivity index is 1.92. The van der Waals surface area contributed by atoms with Crippen LogP contribution in [0, 0.1) is 18.6 Å². The fourth-order valence-electron chi connectivity index (χ4n) is 2.15. The average Bonchev–Trinajstić information content (AvgIpc) is 2.95. The first-order chi connectivity index (χ1) is 10.1. The summed E-state index contributed by atoms with van der Waals surface area (Å²) in [6.07, 6.45) is 5.08. The van der Waals surface area contributed by atoms with Crippen molar-refractivity contribution in [2.45, 2.75) is 13.5 Å². The SMILES string of the molecule is Cc1cc(-c2ncc(Cn3cccn3)cc2F)ccc1F. The molecule has 0 spiro atoms. The molecule has 3 nitrogen and oxygen atoms in total. The maximum absolute atomic E-state index is 14.2. The Hall–Kier alpha value is -2.56. The highest BCUT2D eigenvalue weighted by Crippen LogP contribution is 2.23. The van der Waals surface area contributed by atoms with Gasteiger partial charge in [0.05, 0.1) is 6.54 Å². The molecule has 0 aliphatic rings. The zero-order chi connectivity index (χ0) is 14.8. The lowest BCUT2D eigenvalue weighted by atomic mass is 10.1. The van der Waals surface area contributed by atoms with Crippen molar-refractivity contribution in [1.82, 2.24) is 14.8 Å². The molecule has 2 heterocycles. The van der Waals surface area contributed by atoms with Gasteiger partial charge in [-0.15, -0.1) is 0 Å². The van der Waals surface area contributed by atoms with Gasteiger partial charge in [0.15, 0.2) is 0 Å². The molecule has 2 aromatic heterocycles. The molecule has 0 saturated heterocycles. The molecule has 1 aromatic carbocycles. The summed E-state index contributed by atoms with van der Waals surface area (Å²) in [4.78, 5) is 4.16. The molecule has 21 heavy (non-hydrogen) atoms. The first-order valence-corrected chi connectivity index (χ1v) is 6.52. The number of benzene rings is 1. The van der Waals surface area contributed by atoms with Crippen molar-refractivity contribution in [1.29, 1.82) is 0 Å². The van der Waals surface area contributed by atoms with Gasteiger partial charge in [0.1, 0.15) is 17.3 Å². The maximum atomic E-state index is 14.2. The van der Waals surface area contributed by atoms with E-state index in [-0.39, 0.29) is 11.5 Å². The van der Waals surface area contributed by atoms with Crippen molar-refractivity contribution in [2.75, 3.05) is 0 Å². The molecule has 0 atom stereocenters.